The number of rotatable bonds is 2. The highest BCUT2D eigenvalue weighted by atomic mass is 127. The summed E-state index contributed by atoms with van der Waals surface area (Å²) < 4.78 is 12.8. The van der Waals surface area contributed by atoms with Gasteiger partial charge in [-0.15, -0.1) is 0 Å². The summed E-state index contributed by atoms with van der Waals surface area (Å²) in [4.78, 5) is 2.23. The first kappa shape index (κ1) is 6.74. The van der Waals surface area contributed by atoms with Crippen molar-refractivity contribution in [1.82, 2.24) is 4.90 Å². The molecule has 0 aliphatic carbocycles. The molecule has 1 aliphatic rings. The molecule has 1 nitrogen and oxygen atoms in total. The van der Waals surface area contributed by atoms with Crippen molar-refractivity contribution in [1.29, 1.82) is 0 Å². The molecule has 1 fully saturated rings. The molecule has 0 atom stereocenters. The molecule has 1 rings (SSSR count). The summed E-state index contributed by atoms with van der Waals surface area (Å²) >= 11 is 2.29. The molecule has 48 valence electrons. The molecule has 0 bridgehead atoms. The maximum absolute atomic E-state index is 11.7. The molecule has 0 amide bonds. The number of nitrogens with zero attached hydrogens (tertiary/aromatic N) is 1. The van der Waals surface area contributed by atoms with Crippen molar-refractivity contribution in [2.24, 2.45) is 5.92 Å². The predicted molar refractivity (Wildman–Crippen MR) is 39.9 cm³/mol. The molecule has 3 heteroatoms. The van der Waals surface area contributed by atoms with Crippen LogP contribution in [-0.4, -0.2) is 29.2 Å². The van der Waals surface area contributed by atoms with Gasteiger partial charge in [0.2, 0.25) is 0 Å². The summed E-state index contributed by atoms with van der Waals surface area (Å²) in [6.45, 7) is 1.81. The van der Waals surface area contributed by atoms with Crippen LogP contribution in [0.5, 0.6) is 0 Å². The molecule has 0 N–H and O–H groups in total. The Kier molecular flexibility index (Phi) is 2.49. The van der Waals surface area contributed by atoms with E-state index < -0.39 is 0 Å². The van der Waals surface area contributed by atoms with Gasteiger partial charge in [0.05, 0.1) is 11.2 Å². The normalized spacial score (nSPS) is 23.2. The van der Waals surface area contributed by atoms with Crippen molar-refractivity contribution in [3.8, 4) is 0 Å². The Morgan fingerprint density at radius 1 is 1.62 bits per heavy atom. The zero-order valence-electron chi connectivity index (χ0n) is 4.61. The molecule has 8 heavy (non-hydrogen) atoms. The van der Waals surface area contributed by atoms with Crippen LogP contribution in [0.2, 0.25) is 0 Å². The number of alkyl halides is 2. The minimum Gasteiger partial charge on any atom is -0.293 e. The highest BCUT2D eigenvalue weighted by Gasteiger charge is 2.24. The Hall–Kier alpha value is 0.620. The molecule has 1 saturated heterocycles. The lowest BCUT2D eigenvalue weighted by Crippen LogP contribution is -2.46. The maximum atomic E-state index is 11.7. The van der Waals surface area contributed by atoms with E-state index >= 15 is 0 Å². The summed E-state index contributed by atoms with van der Waals surface area (Å²) in [6, 6.07) is 0. The third-order valence-electron chi connectivity index (χ3n) is 1.42. The van der Waals surface area contributed by atoms with Crippen LogP contribution >= 0.6 is 22.6 Å². The van der Waals surface area contributed by atoms with Gasteiger partial charge in [-0.05, 0) is 0 Å². The van der Waals surface area contributed by atoms with Crippen molar-refractivity contribution in [2.45, 2.75) is 0 Å². The molecule has 1 heterocycles. The standard InChI is InChI=1S/C5H9FIN/c6-1-5-2-8(3-5)4-7/h5H,1-4H2. The van der Waals surface area contributed by atoms with E-state index in [9.17, 15) is 4.39 Å². The van der Waals surface area contributed by atoms with E-state index in [1.54, 1.807) is 0 Å². The van der Waals surface area contributed by atoms with Gasteiger partial charge < -0.3 is 0 Å². The second-order valence-corrected chi connectivity index (χ2v) is 2.86. The van der Waals surface area contributed by atoms with Crippen LogP contribution in [-0.2, 0) is 0 Å². The highest BCUT2D eigenvalue weighted by Crippen LogP contribution is 2.15. The lowest BCUT2D eigenvalue weighted by Gasteiger charge is -2.35. The van der Waals surface area contributed by atoms with Crippen molar-refractivity contribution in [2.75, 3.05) is 24.3 Å². The van der Waals surface area contributed by atoms with Crippen LogP contribution in [0.25, 0.3) is 0 Å². The minimum atomic E-state index is -0.132. The first-order chi connectivity index (χ1) is 3.86. The summed E-state index contributed by atoms with van der Waals surface area (Å²) in [5.74, 6) is 0.352. The molecule has 0 unspecified atom stereocenters. The van der Waals surface area contributed by atoms with E-state index in [-0.39, 0.29) is 6.67 Å². The second kappa shape index (κ2) is 2.96. The zero-order valence-corrected chi connectivity index (χ0v) is 6.77. The second-order valence-electron chi connectivity index (χ2n) is 2.18. The molecule has 0 radical (unpaired) electrons. The fourth-order valence-corrected chi connectivity index (χ4v) is 1.43. The zero-order chi connectivity index (χ0) is 5.98. The summed E-state index contributed by atoms with van der Waals surface area (Å²) in [5, 5.41) is 0. The van der Waals surface area contributed by atoms with E-state index in [4.69, 9.17) is 0 Å². The Labute approximate surface area is 62.4 Å². The minimum absolute atomic E-state index is 0.132. The van der Waals surface area contributed by atoms with Crippen molar-refractivity contribution >= 4 is 22.6 Å². The van der Waals surface area contributed by atoms with Gasteiger partial charge in [-0.2, -0.15) is 0 Å². The van der Waals surface area contributed by atoms with Crippen LogP contribution in [0.1, 0.15) is 0 Å². The van der Waals surface area contributed by atoms with Gasteiger partial charge in [0.1, 0.15) is 0 Å². The quantitative estimate of drug-likeness (QED) is 0.391. The molecule has 1 aliphatic heterocycles. The van der Waals surface area contributed by atoms with E-state index in [2.05, 4.69) is 27.5 Å². The van der Waals surface area contributed by atoms with Gasteiger partial charge in [0, 0.05) is 19.0 Å². The Bertz CT molecular complexity index is 64.8. The summed E-state index contributed by atoms with van der Waals surface area (Å²) in [7, 11) is 0. The van der Waals surface area contributed by atoms with E-state index in [1.165, 1.54) is 0 Å². The molecule has 0 aromatic heterocycles. The highest BCUT2D eigenvalue weighted by molar-refractivity contribution is 14.1. The van der Waals surface area contributed by atoms with Gasteiger partial charge >= 0.3 is 0 Å². The number of halogens is 2. The lowest BCUT2D eigenvalue weighted by molar-refractivity contribution is 0.106. The predicted octanol–water partition coefficient (Wildman–Crippen LogP) is 1.28. The largest absolute Gasteiger partial charge is 0.293 e. The van der Waals surface area contributed by atoms with Crippen molar-refractivity contribution < 1.29 is 4.39 Å². The van der Waals surface area contributed by atoms with Gasteiger partial charge in [0.15, 0.2) is 0 Å². The van der Waals surface area contributed by atoms with Gasteiger partial charge in [0.25, 0.3) is 0 Å². The van der Waals surface area contributed by atoms with E-state index in [0.717, 1.165) is 17.6 Å². The van der Waals surface area contributed by atoms with Crippen LogP contribution in [0.4, 0.5) is 4.39 Å². The summed E-state index contributed by atoms with van der Waals surface area (Å²) in [5.41, 5.74) is 0. The topological polar surface area (TPSA) is 3.24 Å². The average molecular weight is 229 g/mol. The molecular weight excluding hydrogens is 220 g/mol. The van der Waals surface area contributed by atoms with Crippen LogP contribution in [0.3, 0.4) is 0 Å². The fraction of sp³-hybridized carbons (Fsp3) is 1.00. The smallest absolute Gasteiger partial charge is 0.0947 e. The Balaban J connectivity index is 2.03. The van der Waals surface area contributed by atoms with Crippen LogP contribution in [0, 0.1) is 5.92 Å². The first-order valence-corrected chi connectivity index (χ1v) is 4.23. The SMILES string of the molecule is FCC1CN(CI)C1. The fourth-order valence-electron chi connectivity index (χ4n) is 0.872. The van der Waals surface area contributed by atoms with Gasteiger partial charge in [-0.25, -0.2) is 0 Å². The van der Waals surface area contributed by atoms with Crippen LogP contribution in [0.15, 0.2) is 0 Å². The average Bonchev–Trinajstić information content (AvgIpc) is 1.65. The monoisotopic (exact) mass is 229 g/mol. The first-order valence-electron chi connectivity index (χ1n) is 2.71. The van der Waals surface area contributed by atoms with Crippen LogP contribution < -0.4 is 0 Å². The summed E-state index contributed by atoms with van der Waals surface area (Å²) in [6.07, 6.45) is 0. The lowest BCUT2D eigenvalue weighted by atomic mass is 10.0. The number of hydrogen-bond donors (Lipinski definition) is 0. The van der Waals surface area contributed by atoms with E-state index in [1.807, 2.05) is 0 Å². The maximum Gasteiger partial charge on any atom is 0.0947 e. The number of likely N-dealkylation sites (tertiary alicyclic amines) is 1. The van der Waals surface area contributed by atoms with E-state index in [0.29, 0.717) is 5.92 Å². The molecule has 0 spiro atoms. The third kappa shape index (κ3) is 1.31. The number of hydrogen-bond acceptors (Lipinski definition) is 1. The molecule has 0 aromatic rings. The Morgan fingerprint density at radius 2 is 2.25 bits per heavy atom. The Morgan fingerprint density at radius 3 is 2.62 bits per heavy atom. The molecule has 0 aromatic carbocycles. The molecular formula is C5H9FIN. The van der Waals surface area contributed by atoms with Gasteiger partial charge in [-0.1, -0.05) is 22.6 Å². The van der Waals surface area contributed by atoms with Crippen molar-refractivity contribution in [3.05, 3.63) is 0 Å². The molecule has 0 saturated carbocycles. The van der Waals surface area contributed by atoms with Gasteiger partial charge in [-0.3, -0.25) is 9.29 Å². The van der Waals surface area contributed by atoms with Crippen molar-refractivity contribution in [3.63, 3.8) is 0 Å². The third-order valence-corrected chi connectivity index (χ3v) is 2.38.